The number of anilines is 1. The molecular formula is C26H31N3O4S. The highest BCUT2D eigenvalue weighted by molar-refractivity contribution is 7.17. The monoisotopic (exact) mass is 481 g/mol. The molecular weight excluding hydrogens is 450 g/mol. The summed E-state index contributed by atoms with van der Waals surface area (Å²) in [5, 5.41) is 7.82. The van der Waals surface area contributed by atoms with Crippen molar-refractivity contribution in [3.05, 3.63) is 63.3 Å². The van der Waals surface area contributed by atoms with Crippen LogP contribution in [0.5, 0.6) is 5.75 Å². The highest BCUT2D eigenvalue weighted by atomic mass is 32.1. The van der Waals surface area contributed by atoms with Crippen LogP contribution < -0.4 is 10.1 Å². The number of fused-ring (bicyclic) bond motifs is 1. The van der Waals surface area contributed by atoms with E-state index in [2.05, 4.69) is 16.5 Å². The van der Waals surface area contributed by atoms with Crippen LogP contribution >= 0.6 is 11.3 Å². The van der Waals surface area contributed by atoms with E-state index in [1.165, 1.54) is 16.9 Å². The first-order valence-electron chi connectivity index (χ1n) is 11.8. The lowest BCUT2D eigenvalue weighted by molar-refractivity contribution is 0.0335. The Labute approximate surface area is 204 Å². The number of hydrogen-bond donors (Lipinski definition) is 1. The van der Waals surface area contributed by atoms with Crippen molar-refractivity contribution in [3.63, 3.8) is 0 Å². The third-order valence-corrected chi connectivity index (χ3v) is 7.25. The summed E-state index contributed by atoms with van der Waals surface area (Å²) >= 11 is 1.47. The van der Waals surface area contributed by atoms with Crippen LogP contribution in [-0.2, 0) is 24.3 Å². The van der Waals surface area contributed by atoms with Crippen molar-refractivity contribution < 1.29 is 19.1 Å². The Bertz CT molecular complexity index is 1200. The van der Waals surface area contributed by atoms with Gasteiger partial charge in [-0.1, -0.05) is 24.6 Å². The van der Waals surface area contributed by atoms with Crippen molar-refractivity contribution >= 4 is 28.2 Å². The van der Waals surface area contributed by atoms with Crippen LogP contribution in [-0.4, -0.2) is 27.8 Å². The van der Waals surface area contributed by atoms with Crippen LogP contribution in [0.2, 0.25) is 0 Å². The lowest BCUT2D eigenvalue weighted by atomic mass is 9.95. The molecule has 1 N–H and O–H groups in total. The van der Waals surface area contributed by atoms with Gasteiger partial charge in [0.25, 0.3) is 5.91 Å². The van der Waals surface area contributed by atoms with E-state index in [0.717, 1.165) is 53.9 Å². The predicted octanol–water partition coefficient (Wildman–Crippen LogP) is 5.68. The number of aromatic nitrogens is 2. The summed E-state index contributed by atoms with van der Waals surface area (Å²) in [6.45, 7) is 8.08. The molecule has 0 radical (unpaired) electrons. The number of esters is 1. The van der Waals surface area contributed by atoms with E-state index in [0.29, 0.717) is 10.6 Å². The summed E-state index contributed by atoms with van der Waals surface area (Å²) in [7, 11) is 0. The Morgan fingerprint density at radius 1 is 1.21 bits per heavy atom. The van der Waals surface area contributed by atoms with E-state index < -0.39 is 0 Å². The van der Waals surface area contributed by atoms with Gasteiger partial charge in [0.05, 0.1) is 11.7 Å². The molecule has 1 atom stereocenters. The molecule has 0 spiro atoms. The van der Waals surface area contributed by atoms with Crippen molar-refractivity contribution in [2.75, 3.05) is 5.32 Å². The van der Waals surface area contributed by atoms with E-state index in [1.54, 1.807) is 16.9 Å². The second-order valence-electron chi connectivity index (χ2n) is 8.78. The zero-order valence-electron chi connectivity index (χ0n) is 20.1. The molecule has 1 aromatic carbocycles. The molecule has 1 aliphatic rings. The molecule has 0 saturated carbocycles. The van der Waals surface area contributed by atoms with Gasteiger partial charge in [-0.2, -0.15) is 5.10 Å². The third-order valence-electron chi connectivity index (χ3n) is 6.04. The first kappa shape index (κ1) is 24.0. The van der Waals surface area contributed by atoms with Crippen LogP contribution in [0.4, 0.5) is 5.00 Å². The van der Waals surface area contributed by atoms with Crippen molar-refractivity contribution in [1.29, 1.82) is 0 Å². The Kier molecular flexibility index (Phi) is 7.36. The molecule has 0 saturated heterocycles. The number of benzene rings is 1. The second-order valence-corrected chi connectivity index (χ2v) is 9.88. The SMILES string of the molecule is CCC(C)OC(=O)c1c(NC(=O)c2ccn(COc3ccc(C)cc3C)n2)sc2c1CCCC2. The van der Waals surface area contributed by atoms with Crippen molar-refractivity contribution in [2.45, 2.75) is 72.6 Å². The smallest absolute Gasteiger partial charge is 0.341 e. The molecule has 4 rings (SSSR count). The van der Waals surface area contributed by atoms with Gasteiger partial charge in [0, 0.05) is 11.1 Å². The fourth-order valence-electron chi connectivity index (χ4n) is 4.01. The maximum Gasteiger partial charge on any atom is 0.341 e. The van der Waals surface area contributed by atoms with Crippen LogP contribution in [0, 0.1) is 13.8 Å². The number of carbonyl (C=O) groups excluding carboxylic acids is 2. The van der Waals surface area contributed by atoms with Crippen LogP contribution in [0.25, 0.3) is 0 Å². The minimum absolute atomic E-state index is 0.178. The first-order valence-corrected chi connectivity index (χ1v) is 12.6. The fourth-order valence-corrected chi connectivity index (χ4v) is 5.29. The summed E-state index contributed by atoms with van der Waals surface area (Å²) in [6.07, 6.45) is 6.14. The highest BCUT2D eigenvalue weighted by Crippen LogP contribution is 2.39. The number of nitrogens with zero attached hydrogens (tertiary/aromatic N) is 2. The van der Waals surface area contributed by atoms with Gasteiger partial charge >= 0.3 is 5.97 Å². The lowest BCUT2D eigenvalue weighted by Crippen LogP contribution is -2.19. The maximum absolute atomic E-state index is 13.0. The van der Waals surface area contributed by atoms with Crippen LogP contribution in [0.15, 0.2) is 30.5 Å². The average Bonchev–Trinajstić information content (AvgIpc) is 3.42. The Morgan fingerprint density at radius 3 is 2.76 bits per heavy atom. The fraction of sp³-hybridized carbons (Fsp3) is 0.423. The zero-order valence-corrected chi connectivity index (χ0v) is 21.0. The number of ether oxygens (including phenoxy) is 2. The van der Waals surface area contributed by atoms with E-state index >= 15 is 0 Å². The topological polar surface area (TPSA) is 82.5 Å². The summed E-state index contributed by atoms with van der Waals surface area (Å²) in [5.74, 6) is 0.0543. The van der Waals surface area contributed by atoms with Gasteiger partial charge in [-0.25, -0.2) is 9.48 Å². The largest absolute Gasteiger partial charge is 0.471 e. The third kappa shape index (κ3) is 5.33. The van der Waals surface area contributed by atoms with E-state index in [9.17, 15) is 9.59 Å². The molecule has 180 valence electrons. The number of rotatable bonds is 8. The van der Waals surface area contributed by atoms with Gasteiger partial charge in [0.15, 0.2) is 12.4 Å². The standard InChI is InChI=1S/C26H31N3O4S/c1-5-18(4)33-26(31)23-19-8-6-7-9-22(19)34-25(23)27-24(30)20-12-13-29(28-20)15-32-21-11-10-16(2)14-17(21)3/h10-14,18H,5-9,15H2,1-4H3,(H,27,30). The molecule has 8 heteroatoms. The van der Waals surface area contributed by atoms with Crippen molar-refractivity contribution in [3.8, 4) is 5.75 Å². The minimum atomic E-state index is -0.364. The first-order chi connectivity index (χ1) is 16.4. The number of hydrogen-bond acceptors (Lipinski definition) is 6. The van der Waals surface area contributed by atoms with Gasteiger partial charge in [-0.15, -0.1) is 11.3 Å². The van der Waals surface area contributed by atoms with Crippen molar-refractivity contribution in [2.24, 2.45) is 0 Å². The molecule has 0 bridgehead atoms. The average molecular weight is 482 g/mol. The molecule has 3 aromatic rings. The molecule has 2 heterocycles. The molecule has 0 aliphatic heterocycles. The van der Waals surface area contributed by atoms with Gasteiger partial charge < -0.3 is 14.8 Å². The summed E-state index contributed by atoms with van der Waals surface area (Å²) < 4.78 is 13.0. The van der Waals surface area contributed by atoms with Gasteiger partial charge in [0.2, 0.25) is 0 Å². The van der Waals surface area contributed by atoms with Crippen LogP contribution in [0.1, 0.15) is 75.5 Å². The predicted molar refractivity (Wildman–Crippen MR) is 133 cm³/mol. The summed E-state index contributed by atoms with van der Waals surface area (Å²) in [6, 6.07) is 7.63. The molecule has 0 fully saturated rings. The Hall–Kier alpha value is -3.13. The Morgan fingerprint density at radius 2 is 2.00 bits per heavy atom. The second kappa shape index (κ2) is 10.4. The van der Waals surface area contributed by atoms with E-state index in [4.69, 9.17) is 9.47 Å². The van der Waals surface area contributed by atoms with Gasteiger partial charge in [-0.3, -0.25) is 4.79 Å². The van der Waals surface area contributed by atoms with Crippen LogP contribution in [0.3, 0.4) is 0 Å². The van der Waals surface area contributed by atoms with Crippen molar-refractivity contribution in [1.82, 2.24) is 9.78 Å². The lowest BCUT2D eigenvalue weighted by Gasteiger charge is -2.15. The quantitative estimate of drug-likeness (QED) is 0.418. The maximum atomic E-state index is 13.0. The molecule has 7 nitrogen and oxygen atoms in total. The van der Waals surface area contributed by atoms with Gasteiger partial charge in [-0.05, 0) is 76.1 Å². The number of thiophene rings is 1. The number of aryl methyl sites for hydroxylation is 3. The molecule has 1 aliphatic carbocycles. The number of nitrogens with one attached hydrogen (secondary N) is 1. The van der Waals surface area contributed by atoms with E-state index in [-0.39, 0.29) is 30.4 Å². The molecule has 34 heavy (non-hydrogen) atoms. The van der Waals surface area contributed by atoms with Gasteiger partial charge in [0.1, 0.15) is 10.8 Å². The normalized spacial score (nSPS) is 13.8. The molecule has 1 amide bonds. The van der Waals surface area contributed by atoms with E-state index in [1.807, 2.05) is 39.8 Å². The molecule has 2 aromatic heterocycles. The highest BCUT2D eigenvalue weighted by Gasteiger charge is 2.28. The summed E-state index contributed by atoms with van der Waals surface area (Å²) in [5.41, 5.74) is 4.00. The Balaban J connectivity index is 1.48. The zero-order chi connectivity index (χ0) is 24.2. The number of amides is 1. The molecule has 1 unspecified atom stereocenters. The number of carbonyl (C=O) groups is 2. The summed E-state index contributed by atoms with van der Waals surface area (Å²) in [4.78, 5) is 27.1. The minimum Gasteiger partial charge on any atom is -0.471 e.